The number of carbonyl (C=O) groups excluding carboxylic acids is 4. The van der Waals surface area contributed by atoms with Crippen molar-refractivity contribution < 1.29 is 28.7 Å². The van der Waals surface area contributed by atoms with Gasteiger partial charge in [0.2, 0.25) is 0 Å². The highest BCUT2D eigenvalue weighted by Gasteiger charge is 2.55. The number of nitrogens with one attached hydrogen (secondary N) is 1. The quantitative estimate of drug-likeness (QED) is 0.590. The number of ether oxygens (including phenoxy) is 2. The van der Waals surface area contributed by atoms with E-state index >= 15 is 0 Å². The summed E-state index contributed by atoms with van der Waals surface area (Å²) in [4.78, 5) is 52.4. The number of hydrogen-bond acceptors (Lipinski definition) is 6. The fraction of sp³-hybridized carbons (Fsp3) is 0.500. The Balaban J connectivity index is 1.40. The van der Waals surface area contributed by atoms with E-state index in [1.54, 1.807) is 29.2 Å². The lowest BCUT2D eigenvalue weighted by atomic mass is 9.84. The molecule has 0 saturated carbocycles. The Morgan fingerprint density at radius 2 is 1.90 bits per heavy atom. The lowest BCUT2D eigenvalue weighted by molar-refractivity contribution is -0.154. The molecule has 0 unspecified atom stereocenters. The number of hydrogen-bond donors (Lipinski definition) is 1. The fourth-order valence-electron chi connectivity index (χ4n) is 4.07. The Morgan fingerprint density at radius 3 is 2.69 bits per heavy atom. The molecule has 1 spiro atoms. The maximum Gasteiger partial charge on any atom is 0.326 e. The first kappa shape index (κ1) is 19.2. The number of likely N-dealkylation sites (tertiary alicyclic amines) is 1. The molecular formula is C20H23N3O6. The van der Waals surface area contributed by atoms with Crippen molar-refractivity contribution in [2.75, 3.05) is 32.8 Å². The standard InChI is InChI=1S/C20H23N3O6/c24-16(22-9-4-1-5-10-22)13-29-17(25)12-23-18(26)20(21-19(23)27)8-11-28-15-7-3-2-6-14(15)20/h2-3,6-7H,1,4-5,8-13H2,(H,21,27)/t20-/m0/s1. The normalized spacial score (nSPS) is 23.4. The molecule has 3 aliphatic heterocycles. The van der Waals surface area contributed by atoms with Crippen molar-refractivity contribution >= 4 is 23.8 Å². The molecule has 9 nitrogen and oxygen atoms in total. The van der Waals surface area contributed by atoms with Crippen LogP contribution in [-0.2, 0) is 24.7 Å². The van der Waals surface area contributed by atoms with Crippen LogP contribution in [0.25, 0.3) is 0 Å². The van der Waals surface area contributed by atoms with Crippen molar-refractivity contribution in [3.05, 3.63) is 29.8 Å². The van der Waals surface area contributed by atoms with Gasteiger partial charge in [0.25, 0.3) is 11.8 Å². The number of nitrogens with zero attached hydrogens (tertiary/aromatic N) is 2. The van der Waals surface area contributed by atoms with Gasteiger partial charge in [-0.2, -0.15) is 0 Å². The number of benzene rings is 1. The highest BCUT2D eigenvalue weighted by atomic mass is 16.5. The maximum atomic E-state index is 13.1. The molecule has 0 aromatic heterocycles. The van der Waals surface area contributed by atoms with E-state index in [1.165, 1.54) is 0 Å². The average Bonchev–Trinajstić information content (AvgIpc) is 2.97. The number of esters is 1. The molecule has 154 valence electrons. The Labute approximate surface area is 167 Å². The predicted octanol–water partition coefficient (Wildman–Crippen LogP) is 0.772. The summed E-state index contributed by atoms with van der Waals surface area (Å²) in [5.41, 5.74) is -0.670. The van der Waals surface area contributed by atoms with Crippen LogP contribution in [0.3, 0.4) is 0 Å². The monoisotopic (exact) mass is 401 g/mol. The molecule has 4 rings (SSSR count). The summed E-state index contributed by atoms with van der Waals surface area (Å²) >= 11 is 0. The van der Waals surface area contributed by atoms with E-state index in [4.69, 9.17) is 9.47 Å². The van der Waals surface area contributed by atoms with Gasteiger partial charge in [-0.1, -0.05) is 18.2 Å². The first-order valence-electron chi connectivity index (χ1n) is 9.81. The number of piperidine rings is 1. The Bertz CT molecular complexity index is 850. The van der Waals surface area contributed by atoms with Crippen molar-refractivity contribution in [2.45, 2.75) is 31.2 Å². The Kier molecular flexibility index (Phi) is 5.12. The highest BCUT2D eigenvalue weighted by molar-refractivity contribution is 6.09. The van der Waals surface area contributed by atoms with Crippen LogP contribution in [0.1, 0.15) is 31.2 Å². The molecule has 1 N–H and O–H groups in total. The summed E-state index contributed by atoms with van der Waals surface area (Å²) in [6.45, 7) is 0.666. The Morgan fingerprint density at radius 1 is 1.14 bits per heavy atom. The minimum atomic E-state index is -1.24. The lowest BCUT2D eigenvalue weighted by Crippen LogP contribution is -2.47. The second-order valence-corrected chi connectivity index (χ2v) is 7.42. The molecule has 3 aliphatic rings. The van der Waals surface area contributed by atoms with Gasteiger partial charge < -0.3 is 19.7 Å². The van der Waals surface area contributed by atoms with Crippen LogP contribution in [-0.4, -0.2) is 66.5 Å². The molecular weight excluding hydrogens is 378 g/mol. The molecule has 29 heavy (non-hydrogen) atoms. The second kappa shape index (κ2) is 7.73. The van der Waals surface area contributed by atoms with Gasteiger partial charge in [-0.05, 0) is 25.3 Å². The summed E-state index contributed by atoms with van der Waals surface area (Å²) in [6, 6.07) is 6.35. The maximum absolute atomic E-state index is 13.1. The molecule has 4 amide bonds. The van der Waals surface area contributed by atoms with Crippen LogP contribution in [0.5, 0.6) is 5.75 Å². The molecule has 1 atom stereocenters. The van der Waals surface area contributed by atoms with Gasteiger partial charge in [-0.15, -0.1) is 0 Å². The SMILES string of the molecule is O=C(CN1C(=O)N[C@]2(CCOc3ccccc32)C1=O)OCC(=O)N1CCCCC1. The second-order valence-electron chi connectivity index (χ2n) is 7.42. The van der Waals surface area contributed by atoms with Crippen LogP contribution < -0.4 is 10.1 Å². The zero-order valence-electron chi connectivity index (χ0n) is 16.0. The van der Waals surface area contributed by atoms with Crippen molar-refractivity contribution in [1.82, 2.24) is 15.1 Å². The number of fused-ring (bicyclic) bond motifs is 2. The molecule has 1 aromatic rings. The van der Waals surface area contributed by atoms with E-state index in [2.05, 4.69) is 5.32 Å². The van der Waals surface area contributed by atoms with Crippen molar-refractivity contribution in [3.8, 4) is 5.75 Å². The van der Waals surface area contributed by atoms with Gasteiger partial charge in [0.05, 0.1) is 6.61 Å². The topological polar surface area (TPSA) is 105 Å². The number of para-hydroxylation sites is 1. The summed E-state index contributed by atoms with van der Waals surface area (Å²) < 4.78 is 10.6. The van der Waals surface area contributed by atoms with Gasteiger partial charge in [-0.25, -0.2) is 4.79 Å². The molecule has 2 fully saturated rings. The van der Waals surface area contributed by atoms with Gasteiger partial charge in [0.15, 0.2) is 12.1 Å². The highest BCUT2D eigenvalue weighted by Crippen LogP contribution is 2.40. The minimum absolute atomic E-state index is 0.259. The summed E-state index contributed by atoms with van der Waals surface area (Å²) in [5, 5.41) is 2.72. The molecule has 0 radical (unpaired) electrons. The van der Waals surface area contributed by atoms with Crippen LogP contribution >= 0.6 is 0 Å². The van der Waals surface area contributed by atoms with Crippen LogP contribution in [0.15, 0.2) is 24.3 Å². The zero-order chi connectivity index (χ0) is 20.4. The smallest absolute Gasteiger partial charge is 0.326 e. The van der Waals surface area contributed by atoms with Gasteiger partial charge in [0, 0.05) is 25.1 Å². The first-order valence-corrected chi connectivity index (χ1v) is 9.81. The number of urea groups is 1. The number of rotatable bonds is 4. The molecule has 0 bridgehead atoms. The summed E-state index contributed by atoms with van der Waals surface area (Å²) in [5.74, 6) is -1.04. The van der Waals surface area contributed by atoms with Crippen LogP contribution in [0.2, 0.25) is 0 Å². The largest absolute Gasteiger partial charge is 0.493 e. The summed E-state index contributed by atoms with van der Waals surface area (Å²) in [7, 11) is 0. The minimum Gasteiger partial charge on any atom is -0.493 e. The van der Waals surface area contributed by atoms with E-state index in [-0.39, 0.29) is 25.5 Å². The van der Waals surface area contributed by atoms with Crippen molar-refractivity contribution in [2.24, 2.45) is 0 Å². The third-order valence-electron chi connectivity index (χ3n) is 5.61. The molecule has 0 aliphatic carbocycles. The lowest BCUT2D eigenvalue weighted by Gasteiger charge is -2.33. The third kappa shape index (κ3) is 3.52. The predicted molar refractivity (Wildman–Crippen MR) is 99.9 cm³/mol. The van der Waals surface area contributed by atoms with E-state index in [0.717, 1.165) is 24.2 Å². The third-order valence-corrected chi connectivity index (χ3v) is 5.61. The van der Waals surface area contributed by atoms with E-state index in [1.807, 2.05) is 0 Å². The summed E-state index contributed by atoms with van der Waals surface area (Å²) in [6.07, 6.45) is 3.24. The molecule has 3 heterocycles. The zero-order valence-corrected chi connectivity index (χ0v) is 16.0. The Hall–Kier alpha value is -3.10. The van der Waals surface area contributed by atoms with Crippen molar-refractivity contribution in [3.63, 3.8) is 0 Å². The number of imide groups is 1. The first-order chi connectivity index (χ1) is 14.0. The van der Waals surface area contributed by atoms with Crippen molar-refractivity contribution in [1.29, 1.82) is 0 Å². The molecule has 2 saturated heterocycles. The van der Waals surface area contributed by atoms with E-state index in [0.29, 0.717) is 24.4 Å². The van der Waals surface area contributed by atoms with Gasteiger partial charge >= 0.3 is 12.0 Å². The van der Waals surface area contributed by atoms with Crippen LogP contribution in [0.4, 0.5) is 4.79 Å². The van der Waals surface area contributed by atoms with Gasteiger partial charge in [0.1, 0.15) is 12.3 Å². The van der Waals surface area contributed by atoms with E-state index < -0.39 is 30.0 Å². The van der Waals surface area contributed by atoms with E-state index in [9.17, 15) is 19.2 Å². The number of carbonyl (C=O) groups is 4. The number of amides is 4. The molecule has 9 heteroatoms. The van der Waals surface area contributed by atoms with Crippen LogP contribution in [0, 0.1) is 0 Å². The average molecular weight is 401 g/mol. The van der Waals surface area contributed by atoms with Gasteiger partial charge in [-0.3, -0.25) is 19.3 Å². The fourth-order valence-corrected chi connectivity index (χ4v) is 4.07. The molecule has 1 aromatic carbocycles.